The lowest BCUT2D eigenvalue weighted by Gasteiger charge is -2.29. The number of rotatable bonds is 9. The molecule has 0 saturated heterocycles. The van der Waals surface area contributed by atoms with E-state index in [1.807, 2.05) is 13.8 Å². The van der Waals surface area contributed by atoms with Crippen molar-refractivity contribution in [2.24, 2.45) is 0 Å². The fourth-order valence-electron chi connectivity index (χ4n) is 12.0. The highest BCUT2D eigenvalue weighted by atomic mass is 15.1. The molecule has 0 N–H and O–H groups in total. The van der Waals surface area contributed by atoms with E-state index in [9.17, 15) is 0 Å². The zero-order valence-corrected chi connectivity index (χ0v) is 43.1. The first-order chi connectivity index (χ1) is 37.7. The van der Waals surface area contributed by atoms with Crippen LogP contribution in [0.1, 0.15) is 45.1 Å². The molecule has 1 aromatic heterocycles. The molecule has 0 unspecified atom stereocenters. The zero-order valence-electron chi connectivity index (χ0n) is 43.1. The van der Waals surface area contributed by atoms with Crippen LogP contribution in [0, 0.1) is 0 Å². The van der Waals surface area contributed by atoms with E-state index in [0.717, 1.165) is 42.7 Å². The fourth-order valence-corrected chi connectivity index (χ4v) is 12.0. The third kappa shape index (κ3) is 8.24. The quantitative estimate of drug-likeness (QED) is 0.131. The molecule has 0 amide bonds. The Bertz CT molecular complexity index is 4220. The number of anilines is 2. The van der Waals surface area contributed by atoms with Crippen molar-refractivity contribution >= 4 is 71.1 Å². The van der Waals surface area contributed by atoms with Gasteiger partial charge in [-0.05, 0) is 175 Å². The lowest BCUT2D eigenvalue weighted by atomic mass is 9.84. The summed E-state index contributed by atoms with van der Waals surface area (Å²) in [7, 11) is 0. The predicted molar refractivity (Wildman–Crippen MR) is 328 cm³/mol. The fraction of sp³-hybridized carbons (Fsp3) is 0.0811. The third-order valence-corrected chi connectivity index (χ3v) is 15.4. The molecule has 1 heterocycles. The number of aromatic nitrogens is 1. The van der Waals surface area contributed by atoms with Crippen LogP contribution in [0.4, 0.5) is 11.4 Å². The Kier molecular flexibility index (Phi) is 12.4. The van der Waals surface area contributed by atoms with Crippen LogP contribution in [0.25, 0.3) is 110 Å². The number of hydrogen-bond donors (Lipinski definition) is 0. The van der Waals surface area contributed by atoms with Gasteiger partial charge in [-0.15, -0.1) is 0 Å². The van der Waals surface area contributed by atoms with Crippen molar-refractivity contribution in [1.29, 1.82) is 0 Å². The number of benzene rings is 11. The lowest BCUT2D eigenvalue weighted by molar-refractivity contribution is 0.998. The molecular weight excluding hydrogens is 917 g/mol. The Morgan fingerprint density at radius 2 is 0.855 bits per heavy atom. The molecule has 0 atom stereocenters. The molecule has 0 saturated carbocycles. The summed E-state index contributed by atoms with van der Waals surface area (Å²) in [5, 5.41) is 9.93. The largest absolute Gasteiger partial charge is 0.310 e. The molecule has 11 aromatic carbocycles. The van der Waals surface area contributed by atoms with Crippen molar-refractivity contribution < 1.29 is 0 Å². The second-order valence-electron chi connectivity index (χ2n) is 19.7. The van der Waals surface area contributed by atoms with Gasteiger partial charge in [-0.25, -0.2) is 0 Å². The molecule has 2 heteroatoms. The number of allylic oxidation sites excluding steroid dienone is 7. The van der Waals surface area contributed by atoms with Gasteiger partial charge in [-0.2, -0.15) is 0 Å². The summed E-state index contributed by atoms with van der Waals surface area (Å²) in [6.07, 6.45) is 18.2. The highest BCUT2D eigenvalue weighted by Gasteiger charge is 2.23. The van der Waals surface area contributed by atoms with Crippen molar-refractivity contribution in [1.82, 2.24) is 4.57 Å². The van der Waals surface area contributed by atoms with Crippen LogP contribution in [0.5, 0.6) is 0 Å². The molecule has 2 nitrogen and oxygen atoms in total. The molecular formula is C74H58N2. The minimum atomic E-state index is 0.996. The molecule has 0 bridgehead atoms. The third-order valence-electron chi connectivity index (χ3n) is 15.4. The van der Waals surface area contributed by atoms with E-state index in [4.69, 9.17) is 0 Å². The van der Waals surface area contributed by atoms with Crippen molar-refractivity contribution in [2.75, 3.05) is 4.90 Å². The summed E-state index contributed by atoms with van der Waals surface area (Å²) < 4.78 is 2.45. The van der Waals surface area contributed by atoms with Crippen LogP contribution in [-0.4, -0.2) is 4.57 Å². The first kappa shape index (κ1) is 46.5. The van der Waals surface area contributed by atoms with Crippen LogP contribution < -0.4 is 4.90 Å². The Hall–Kier alpha value is -9.24. The van der Waals surface area contributed by atoms with Crippen molar-refractivity contribution in [3.63, 3.8) is 0 Å². The van der Waals surface area contributed by atoms with Gasteiger partial charge < -0.3 is 9.47 Å². The van der Waals surface area contributed by atoms with Gasteiger partial charge in [0.25, 0.3) is 0 Å². The van der Waals surface area contributed by atoms with Crippen molar-refractivity contribution in [2.45, 2.75) is 39.5 Å². The van der Waals surface area contributed by atoms with Crippen LogP contribution in [-0.2, 0) is 0 Å². The highest BCUT2D eigenvalue weighted by molar-refractivity contribution is 6.24. The zero-order chi connectivity index (χ0) is 51.0. The smallest absolute Gasteiger partial charge is 0.0541 e. The maximum Gasteiger partial charge on any atom is 0.0541 e. The number of fused-ring (bicyclic) bond motifs is 6. The summed E-state index contributed by atoms with van der Waals surface area (Å²) in [6, 6.07) is 85.6. The summed E-state index contributed by atoms with van der Waals surface area (Å²) in [4.78, 5) is 2.47. The van der Waals surface area contributed by atoms with E-state index >= 15 is 0 Å². The first-order valence-electron chi connectivity index (χ1n) is 27.1. The van der Waals surface area contributed by atoms with E-state index in [-0.39, 0.29) is 0 Å². The molecule has 12 aromatic rings. The summed E-state index contributed by atoms with van der Waals surface area (Å²) in [5.41, 5.74) is 19.4. The van der Waals surface area contributed by atoms with Gasteiger partial charge in [0, 0.05) is 33.2 Å². The summed E-state index contributed by atoms with van der Waals surface area (Å²) in [6.45, 7) is 4.00. The number of nitrogens with zero attached hydrogens (tertiary/aromatic N) is 2. The Balaban J connectivity index is 0.00000274. The molecule has 0 aliphatic heterocycles. The Morgan fingerprint density at radius 3 is 1.49 bits per heavy atom. The predicted octanol–water partition coefficient (Wildman–Crippen LogP) is 21.0. The molecule has 2 aliphatic carbocycles. The Labute approximate surface area is 446 Å². The normalized spacial score (nSPS) is 13.2. The SMILES string of the molecule is C1=CC(c2ccc3c(c2)c2cc(-c4ccccc4)ccc2n3-c2ccc(N(C3=CCCC=C3)c3cccc4c(-c5c6ccccc6c(-c6cccc(-c7ccccc7)c6)c6ccccc56)cccc34)cc2)=CCC1.CC. The second kappa shape index (κ2) is 20.2. The Morgan fingerprint density at radius 1 is 0.342 bits per heavy atom. The summed E-state index contributed by atoms with van der Waals surface area (Å²) in [5.74, 6) is 0. The topological polar surface area (TPSA) is 8.17 Å². The van der Waals surface area contributed by atoms with Crippen molar-refractivity contribution in [3.05, 3.63) is 278 Å². The van der Waals surface area contributed by atoms with Gasteiger partial charge in [-0.3, -0.25) is 0 Å². The highest BCUT2D eigenvalue weighted by Crippen LogP contribution is 2.48. The maximum absolute atomic E-state index is 2.47. The van der Waals surface area contributed by atoms with Crippen LogP contribution >= 0.6 is 0 Å². The monoisotopic (exact) mass is 974 g/mol. The van der Waals surface area contributed by atoms with Gasteiger partial charge >= 0.3 is 0 Å². The maximum atomic E-state index is 2.47. The molecule has 2 aliphatic rings. The van der Waals surface area contributed by atoms with E-state index in [1.165, 1.54) is 115 Å². The average molecular weight is 975 g/mol. The van der Waals surface area contributed by atoms with Gasteiger partial charge in [-0.1, -0.05) is 214 Å². The minimum absolute atomic E-state index is 0.996. The number of hydrogen-bond acceptors (Lipinski definition) is 1. The average Bonchev–Trinajstić information content (AvgIpc) is 3.83. The van der Waals surface area contributed by atoms with E-state index in [0.29, 0.717) is 0 Å². The minimum Gasteiger partial charge on any atom is -0.310 e. The van der Waals surface area contributed by atoms with Gasteiger partial charge in [0.15, 0.2) is 0 Å². The molecule has 14 rings (SSSR count). The molecule has 0 fully saturated rings. The van der Waals surface area contributed by atoms with Gasteiger partial charge in [0.05, 0.1) is 16.7 Å². The van der Waals surface area contributed by atoms with Gasteiger partial charge in [0.2, 0.25) is 0 Å². The van der Waals surface area contributed by atoms with Gasteiger partial charge in [0.1, 0.15) is 0 Å². The molecule has 0 radical (unpaired) electrons. The van der Waals surface area contributed by atoms with E-state index < -0.39 is 0 Å². The summed E-state index contributed by atoms with van der Waals surface area (Å²) >= 11 is 0. The van der Waals surface area contributed by atoms with E-state index in [2.05, 4.69) is 276 Å². The van der Waals surface area contributed by atoms with Crippen LogP contribution in [0.15, 0.2) is 273 Å². The lowest BCUT2D eigenvalue weighted by Crippen LogP contribution is -2.16. The van der Waals surface area contributed by atoms with Crippen LogP contribution in [0.3, 0.4) is 0 Å². The second-order valence-corrected chi connectivity index (χ2v) is 19.7. The first-order valence-corrected chi connectivity index (χ1v) is 27.1. The molecule has 76 heavy (non-hydrogen) atoms. The molecule has 0 spiro atoms. The molecule has 364 valence electrons. The standard InChI is InChI=1S/C72H52N2.C2H6/c1-5-20-49(21-6-1)52-26-17-27-55(46-52)71-62-30-13-15-32-64(62)72(65-33-16-14-31-63(65)71)61-36-18-35-60-59(61)34-19-37-68(60)73(56-28-11-4-12-29-56)57-40-42-58(43-41-57)74-69-44-38-53(50-22-7-2-8-23-50)47-66(69)67-48-54(39-45-70(67)74)51-24-9-3-10-25-51;1-2/h1-2,5-9,11,13-48H,3-4,10,12H2;1-2H3. The van der Waals surface area contributed by atoms with Crippen LogP contribution in [0.2, 0.25) is 0 Å². The van der Waals surface area contributed by atoms with Crippen molar-refractivity contribution in [3.8, 4) is 50.2 Å². The van der Waals surface area contributed by atoms with E-state index in [1.54, 1.807) is 0 Å².